The zero-order valence-electron chi connectivity index (χ0n) is 8.21. The highest BCUT2D eigenvalue weighted by Crippen LogP contribution is 2.46. The van der Waals surface area contributed by atoms with Gasteiger partial charge >= 0.3 is 0 Å². The summed E-state index contributed by atoms with van der Waals surface area (Å²) < 4.78 is 61.2. The summed E-state index contributed by atoms with van der Waals surface area (Å²) in [5.74, 6) is -3.99. The van der Waals surface area contributed by atoms with Crippen LogP contribution in [-0.4, -0.2) is 14.7 Å². The Morgan fingerprint density at radius 1 is 1.53 bits per heavy atom. The van der Waals surface area contributed by atoms with E-state index in [2.05, 4.69) is 0 Å². The molecule has 1 aromatic carbocycles. The standard InChI is InChI=1S/C9H7ClF3NO2S/c10-6-2-5(11)1-4-3-9(12,13)8(7(4)6)14-17(15)16/h1-2,8,14H,3H2,(H,15,16). The fraction of sp³-hybridized carbons (Fsp3) is 0.333. The van der Waals surface area contributed by atoms with Crippen molar-refractivity contribution in [2.75, 3.05) is 0 Å². The predicted octanol–water partition coefficient (Wildman–Crippen LogP) is 2.44. The molecule has 94 valence electrons. The van der Waals surface area contributed by atoms with Gasteiger partial charge in [0, 0.05) is 11.4 Å². The lowest BCUT2D eigenvalue weighted by molar-refractivity contribution is -0.0188. The normalized spacial score (nSPS) is 23.5. The van der Waals surface area contributed by atoms with Crippen molar-refractivity contribution in [1.29, 1.82) is 0 Å². The Kier molecular flexibility index (Phi) is 3.19. The molecule has 0 bridgehead atoms. The molecule has 0 aliphatic heterocycles. The van der Waals surface area contributed by atoms with Gasteiger partial charge in [0.15, 0.2) is 0 Å². The molecular weight excluding hydrogens is 279 g/mol. The van der Waals surface area contributed by atoms with Gasteiger partial charge in [0.1, 0.15) is 11.9 Å². The third-order valence-corrected chi connectivity index (χ3v) is 3.29. The van der Waals surface area contributed by atoms with Crippen molar-refractivity contribution in [3.05, 3.63) is 34.1 Å². The monoisotopic (exact) mass is 285 g/mol. The number of hydrogen-bond acceptors (Lipinski definition) is 1. The van der Waals surface area contributed by atoms with Gasteiger partial charge in [0.2, 0.25) is 11.3 Å². The summed E-state index contributed by atoms with van der Waals surface area (Å²) in [6.45, 7) is 0. The zero-order valence-corrected chi connectivity index (χ0v) is 9.79. The Morgan fingerprint density at radius 2 is 2.18 bits per heavy atom. The van der Waals surface area contributed by atoms with Gasteiger partial charge in [-0.3, -0.25) is 4.55 Å². The first kappa shape index (κ1) is 12.8. The molecule has 1 aliphatic carbocycles. The van der Waals surface area contributed by atoms with E-state index in [9.17, 15) is 17.4 Å². The Morgan fingerprint density at radius 3 is 2.76 bits per heavy atom. The minimum absolute atomic E-state index is 0.0273. The highest BCUT2D eigenvalue weighted by atomic mass is 35.5. The molecule has 2 unspecified atom stereocenters. The van der Waals surface area contributed by atoms with E-state index < -0.39 is 35.5 Å². The van der Waals surface area contributed by atoms with E-state index in [-0.39, 0.29) is 16.1 Å². The van der Waals surface area contributed by atoms with Crippen LogP contribution in [-0.2, 0) is 17.7 Å². The van der Waals surface area contributed by atoms with Gasteiger partial charge in [-0.25, -0.2) is 22.1 Å². The summed E-state index contributed by atoms with van der Waals surface area (Å²) in [5.41, 5.74) is 0.0171. The van der Waals surface area contributed by atoms with E-state index in [0.29, 0.717) is 0 Å². The quantitative estimate of drug-likeness (QED) is 0.820. The molecule has 0 heterocycles. The number of nitrogens with one attached hydrogen (secondary N) is 1. The maximum Gasteiger partial charge on any atom is 0.272 e. The highest BCUT2D eigenvalue weighted by Gasteiger charge is 2.49. The molecule has 0 spiro atoms. The third kappa shape index (κ3) is 2.33. The SMILES string of the molecule is O=S(O)NC1c2c(Cl)cc(F)cc2CC1(F)F. The van der Waals surface area contributed by atoms with Crippen LogP contribution < -0.4 is 4.72 Å². The molecule has 0 fully saturated rings. The molecule has 3 nitrogen and oxygen atoms in total. The Bertz CT molecular complexity index is 497. The van der Waals surface area contributed by atoms with E-state index in [1.54, 1.807) is 0 Å². The number of hydrogen-bond donors (Lipinski definition) is 2. The fourth-order valence-corrected chi connectivity index (χ4v) is 2.75. The van der Waals surface area contributed by atoms with Gasteiger partial charge in [0.05, 0.1) is 0 Å². The number of benzene rings is 1. The molecule has 17 heavy (non-hydrogen) atoms. The van der Waals surface area contributed by atoms with E-state index in [4.69, 9.17) is 16.2 Å². The number of halogens is 4. The van der Waals surface area contributed by atoms with E-state index in [1.165, 1.54) is 0 Å². The number of fused-ring (bicyclic) bond motifs is 1. The average Bonchev–Trinajstić information content (AvgIpc) is 2.36. The second kappa shape index (κ2) is 4.24. The average molecular weight is 286 g/mol. The summed E-state index contributed by atoms with van der Waals surface area (Å²) in [7, 11) is 0. The van der Waals surface area contributed by atoms with Crippen molar-refractivity contribution in [1.82, 2.24) is 4.72 Å². The largest absolute Gasteiger partial charge is 0.294 e. The topological polar surface area (TPSA) is 49.3 Å². The molecule has 2 rings (SSSR count). The Labute approximate surface area is 102 Å². The first-order valence-electron chi connectivity index (χ1n) is 4.54. The van der Waals surface area contributed by atoms with E-state index in [1.807, 2.05) is 4.72 Å². The van der Waals surface area contributed by atoms with Crippen LogP contribution in [0.5, 0.6) is 0 Å². The van der Waals surface area contributed by atoms with Crippen molar-refractivity contribution in [3.63, 3.8) is 0 Å². The predicted molar refractivity (Wildman–Crippen MR) is 56.7 cm³/mol. The lowest BCUT2D eigenvalue weighted by Gasteiger charge is -2.19. The lowest BCUT2D eigenvalue weighted by Crippen LogP contribution is -2.35. The van der Waals surface area contributed by atoms with Crippen molar-refractivity contribution in [3.8, 4) is 0 Å². The van der Waals surface area contributed by atoms with Crippen molar-refractivity contribution in [2.24, 2.45) is 0 Å². The van der Waals surface area contributed by atoms with Gasteiger partial charge in [0.25, 0.3) is 5.92 Å². The third-order valence-electron chi connectivity index (χ3n) is 2.54. The first-order chi connectivity index (χ1) is 7.81. The van der Waals surface area contributed by atoms with E-state index in [0.717, 1.165) is 12.1 Å². The van der Waals surface area contributed by atoms with Gasteiger partial charge in [-0.05, 0) is 23.3 Å². The van der Waals surface area contributed by atoms with Crippen LogP contribution in [0.1, 0.15) is 17.2 Å². The van der Waals surface area contributed by atoms with Crippen molar-refractivity contribution in [2.45, 2.75) is 18.4 Å². The van der Waals surface area contributed by atoms with E-state index >= 15 is 0 Å². The Hall–Kier alpha value is -0.630. The molecule has 1 aromatic rings. The molecule has 0 radical (unpaired) electrons. The van der Waals surface area contributed by atoms with Gasteiger partial charge in [-0.15, -0.1) is 0 Å². The second-order valence-corrected chi connectivity index (χ2v) is 4.84. The zero-order chi connectivity index (χ0) is 12.8. The lowest BCUT2D eigenvalue weighted by atomic mass is 10.1. The van der Waals surface area contributed by atoms with Crippen LogP contribution in [0.4, 0.5) is 13.2 Å². The summed E-state index contributed by atoms with van der Waals surface area (Å²) in [6, 6.07) is 0.171. The second-order valence-electron chi connectivity index (χ2n) is 3.70. The van der Waals surface area contributed by atoms with Crippen LogP contribution in [0, 0.1) is 5.82 Å². The molecular formula is C9H7ClF3NO2S. The molecule has 8 heteroatoms. The van der Waals surface area contributed by atoms with Crippen LogP contribution in [0.2, 0.25) is 5.02 Å². The molecule has 0 saturated heterocycles. The summed E-state index contributed by atoms with van der Waals surface area (Å²) in [4.78, 5) is 0. The van der Waals surface area contributed by atoms with Crippen LogP contribution in [0.3, 0.4) is 0 Å². The fourth-order valence-electron chi connectivity index (χ4n) is 1.92. The smallest absolute Gasteiger partial charge is 0.272 e. The van der Waals surface area contributed by atoms with Crippen molar-refractivity contribution < 1.29 is 21.9 Å². The summed E-state index contributed by atoms with van der Waals surface area (Å²) in [5, 5.41) is -0.180. The highest BCUT2D eigenvalue weighted by molar-refractivity contribution is 7.77. The van der Waals surface area contributed by atoms with Crippen LogP contribution in [0.15, 0.2) is 12.1 Å². The van der Waals surface area contributed by atoms with Crippen molar-refractivity contribution >= 4 is 22.9 Å². The van der Waals surface area contributed by atoms with Crippen LogP contribution >= 0.6 is 11.6 Å². The maximum atomic E-state index is 13.6. The van der Waals surface area contributed by atoms with Gasteiger partial charge < -0.3 is 0 Å². The molecule has 0 amide bonds. The molecule has 2 N–H and O–H groups in total. The Balaban J connectivity index is 2.51. The van der Waals surface area contributed by atoms with Crippen LogP contribution in [0.25, 0.3) is 0 Å². The summed E-state index contributed by atoms with van der Waals surface area (Å²) in [6.07, 6.45) is -0.714. The molecule has 1 aliphatic rings. The van der Waals surface area contributed by atoms with Gasteiger partial charge in [-0.2, -0.15) is 0 Å². The minimum atomic E-state index is -3.28. The first-order valence-corrected chi connectivity index (χ1v) is 6.02. The number of rotatable bonds is 2. The molecule has 0 saturated carbocycles. The number of alkyl halides is 2. The van der Waals surface area contributed by atoms with Gasteiger partial charge in [-0.1, -0.05) is 11.6 Å². The maximum absolute atomic E-state index is 13.6. The molecule has 0 aromatic heterocycles. The molecule has 2 atom stereocenters. The minimum Gasteiger partial charge on any atom is -0.294 e. The summed E-state index contributed by atoms with van der Waals surface area (Å²) >= 11 is 3.08.